The van der Waals surface area contributed by atoms with Gasteiger partial charge < -0.3 is 25.2 Å². The monoisotopic (exact) mass is 418 g/mol. The predicted molar refractivity (Wildman–Crippen MR) is 111 cm³/mol. The molecule has 0 spiro atoms. The topological polar surface area (TPSA) is 73.9 Å². The molecule has 0 aliphatic carbocycles. The summed E-state index contributed by atoms with van der Waals surface area (Å²) in [7, 11) is 1.57. The molecule has 0 bridgehead atoms. The van der Waals surface area contributed by atoms with Crippen molar-refractivity contribution in [1.29, 1.82) is 0 Å². The number of halogens is 2. The van der Waals surface area contributed by atoms with Gasteiger partial charge in [0, 0.05) is 45.4 Å². The molecule has 3 rings (SSSR count). The van der Waals surface area contributed by atoms with Gasteiger partial charge in [0.05, 0.1) is 24.6 Å². The van der Waals surface area contributed by atoms with E-state index >= 15 is 0 Å². The van der Waals surface area contributed by atoms with Crippen LogP contribution < -0.4 is 15.5 Å². The van der Waals surface area contributed by atoms with Gasteiger partial charge in [-0.3, -0.25) is 4.79 Å². The fraction of sp³-hybridized carbons (Fsp3) is 0.333. The minimum absolute atomic E-state index is 0.208. The SMILES string of the molecule is CC(=O)Nc1cc(NC(=O)N(C)Cc2ccc(N3CCOCC3)cc2)c(F)cc1F. The molecular formula is C21H24F2N4O3. The molecule has 0 aromatic heterocycles. The number of hydrogen-bond donors (Lipinski definition) is 2. The Kier molecular flexibility index (Phi) is 6.83. The van der Waals surface area contributed by atoms with Crippen LogP contribution in [0, 0.1) is 11.6 Å². The summed E-state index contributed by atoms with van der Waals surface area (Å²) in [6.07, 6.45) is 0. The van der Waals surface area contributed by atoms with Crippen molar-refractivity contribution in [2.75, 3.05) is 48.9 Å². The number of carbonyl (C=O) groups excluding carboxylic acids is 2. The summed E-state index contributed by atoms with van der Waals surface area (Å²) in [5.74, 6) is -2.36. The lowest BCUT2D eigenvalue weighted by molar-refractivity contribution is -0.114. The Morgan fingerprint density at radius 3 is 2.23 bits per heavy atom. The molecule has 1 aliphatic heterocycles. The van der Waals surface area contributed by atoms with Gasteiger partial charge in [0.25, 0.3) is 0 Å². The van der Waals surface area contributed by atoms with E-state index in [1.165, 1.54) is 11.8 Å². The Morgan fingerprint density at radius 2 is 1.63 bits per heavy atom. The second-order valence-corrected chi connectivity index (χ2v) is 7.05. The zero-order chi connectivity index (χ0) is 21.7. The van der Waals surface area contributed by atoms with E-state index in [-0.39, 0.29) is 11.4 Å². The van der Waals surface area contributed by atoms with Crippen LogP contribution in [-0.4, -0.2) is 50.2 Å². The van der Waals surface area contributed by atoms with Crippen LogP contribution in [0.1, 0.15) is 12.5 Å². The number of anilines is 3. The number of ether oxygens (including phenoxy) is 1. The molecule has 7 nitrogen and oxygen atoms in total. The molecule has 1 heterocycles. The Bertz CT molecular complexity index is 915. The largest absolute Gasteiger partial charge is 0.378 e. The highest BCUT2D eigenvalue weighted by molar-refractivity contribution is 5.92. The molecule has 160 valence electrons. The third-order valence-corrected chi connectivity index (χ3v) is 4.69. The van der Waals surface area contributed by atoms with Crippen molar-refractivity contribution < 1.29 is 23.1 Å². The van der Waals surface area contributed by atoms with Crippen LogP contribution in [0.3, 0.4) is 0 Å². The number of amides is 3. The molecular weight excluding hydrogens is 394 g/mol. The average molecular weight is 418 g/mol. The number of carbonyl (C=O) groups is 2. The van der Waals surface area contributed by atoms with Crippen molar-refractivity contribution in [1.82, 2.24) is 4.90 Å². The van der Waals surface area contributed by atoms with Crippen molar-refractivity contribution in [2.24, 2.45) is 0 Å². The van der Waals surface area contributed by atoms with Gasteiger partial charge in [-0.25, -0.2) is 13.6 Å². The first-order valence-electron chi connectivity index (χ1n) is 9.54. The lowest BCUT2D eigenvalue weighted by Crippen LogP contribution is -2.36. The lowest BCUT2D eigenvalue weighted by atomic mass is 10.2. The number of nitrogens with zero attached hydrogens (tertiary/aromatic N) is 2. The summed E-state index contributed by atoms with van der Waals surface area (Å²) in [5, 5.41) is 4.66. The van der Waals surface area contributed by atoms with Gasteiger partial charge in [0.1, 0.15) is 11.6 Å². The fourth-order valence-corrected chi connectivity index (χ4v) is 3.12. The van der Waals surface area contributed by atoms with Crippen LogP contribution in [-0.2, 0) is 16.1 Å². The highest BCUT2D eigenvalue weighted by Crippen LogP contribution is 2.24. The summed E-state index contributed by atoms with van der Waals surface area (Å²) in [6.45, 7) is 4.59. The van der Waals surface area contributed by atoms with Crippen molar-refractivity contribution in [2.45, 2.75) is 13.5 Å². The van der Waals surface area contributed by atoms with Crippen LogP contribution in [0.25, 0.3) is 0 Å². The molecule has 1 saturated heterocycles. The van der Waals surface area contributed by atoms with Crippen molar-refractivity contribution in [3.8, 4) is 0 Å². The first-order valence-corrected chi connectivity index (χ1v) is 9.54. The number of benzene rings is 2. The molecule has 0 radical (unpaired) electrons. The second kappa shape index (κ2) is 9.53. The highest BCUT2D eigenvalue weighted by Gasteiger charge is 2.16. The Hall–Kier alpha value is -3.20. The molecule has 3 amide bonds. The third-order valence-electron chi connectivity index (χ3n) is 4.69. The van der Waals surface area contributed by atoms with Crippen LogP contribution in [0.4, 0.5) is 30.6 Å². The van der Waals surface area contributed by atoms with Crippen LogP contribution >= 0.6 is 0 Å². The van der Waals surface area contributed by atoms with Crippen LogP contribution in [0.15, 0.2) is 36.4 Å². The van der Waals surface area contributed by atoms with Crippen molar-refractivity contribution >= 4 is 29.0 Å². The standard InChI is InChI=1S/C21H24F2N4O3/c1-14(28)24-19-12-20(18(23)11-17(19)22)25-21(29)26(2)13-15-3-5-16(6-4-15)27-7-9-30-10-8-27/h3-6,11-12H,7-10,13H2,1-2H3,(H,24,28)(H,25,29). The Balaban J connectivity index is 1.62. The van der Waals surface area contributed by atoms with Crippen molar-refractivity contribution in [3.63, 3.8) is 0 Å². The van der Waals surface area contributed by atoms with E-state index in [2.05, 4.69) is 15.5 Å². The van der Waals surface area contributed by atoms with Gasteiger partial charge >= 0.3 is 6.03 Å². The second-order valence-electron chi connectivity index (χ2n) is 7.05. The van der Waals surface area contributed by atoms with Gasteiger partial charge in [-0.1, -0.05) is 12.1 Å². The zero-order valence-corrected chi connectivity index (χ0v) is 16.9. The molecule has 30 heavy (non-hydrogen) atoms. The molecule has 0 saturated carbocycles. The molecule has 9 heteroatoms. The third kappa shape index (κ3) is 5.44. The molecule has 1 aliphatic rings. The summed E-state index contributed by atoms with van der Waals surface area (Å²) < 4.78 is 33.1. The first kappa shape index (κ1) is 21.5. The van der Waals surface area contributed by atoms with Gasteiger partial charge in [0.15, 0.2) is 0 Å². The van der Waals surface area contributed by atoms with Crippen molar-refractivity contribution in [3.05, 3.63) is 53.6 Å². The molecule has 2 N–H and O–H groups in total. The summed E-state index contributed by atoms with van der Waals surface area (Å²) in [6, 6.07) is 8.95. The van der Waals surface area contributed by atoms with Crippen LogP contribution in [0.5, 0.6) is 0 Å². The van der Waals surface area contributed by atoms with E-state index in [4.69, 9.17) is 4.74 Å². The molecule has 2 aromatic rings. The van der Waals surface area contributed by atoms with E-state index in [0.29, 0.717) is 25.8 Å². The maximum Gasteiger partial charge on any atom is 0.321 e. The maximum absolute atomic E-state index is 14.0. The normalized spacial score (nSPS) is 13.7. The zero-order valence-electron chi connectivity index (χ0n) is 16.9. The summed E-state index contributed by atoms with van der Waals surface area (Å²) >= 11 is 0. The highest BCUT2D eigenvalue weighted by atomic mass is 19.1. The molecule has 0 atom stereocenters. The smallest absolute Gasteiger partial charge is 0.321 e. The number of morpholine rings is 1. The average Bonchev–Trinajstić information content (AvgIpc) is 2.72. The van der Waals surface area contributed by atoms with Gasteiger partial charge in [-0.05, 0) is 23.8 Å². The Morgan fingerprint density at radius 1 is 1.03 bits per heavy atom. The maximum atomic E-state index is 14.0. The van der Waals surface area contributed by atoms with E-state index in [0.717, 1.165) is 30.4 Å². The van der Waals surface area contributed by atoms with E-state index in [9.17, 15) is 18.4 Å². The van der Waals surface area contributed by atoms with Gasteiger partial charge in [0.2, 0.25) is 5.91 Å². The molecule has 0 unspecified atom stereocenters. The van der Waals surface area contributed by atoms with Crippen LogP contribution in [0.2, 0.25) is 0 Å². The number of urea groups is 1. The minimum Gasteiger partial charge on any atom is -0.378 e. The lowest BCUT2D eigenvalue weighted by Gasteiger charge is -2.29. The molecule has 1 fully saturated rings. The van der Waals surface area contributed by atoms with E-state index in [1.807, 2.05) is 24.3 Å². The van der Waals surface area contributed by atoms with Gasteiger partial charge in [-0.2, -0.15) is 0 Å². The number of hydrogen-bond acceptors (Lipinski definition) is 4. The number of nitrogens with one attached hydrogen (secondary N) is 2. The number of rotatable bonds is 5. The quantitative estimate of drug-likeness (QED) is 0.780. The first-order chi connectivity index (χ1) is 14.3. The van der Waals surface area contributed by atoms with E-state index in [1.54, 1.807) is 7.05 Å². The molecule has 2 aromatic carbocycles. The summed E-state index contributed by atoms with van der Waals surface area (Å²) in [4.78, 5) is 27.2. The minimum atomic E-state index is -0.932. The fourth-order valence-electron chi connectivity index (χ4n) is 3.12. The summed E-state index contributed by atoms with van der Waals surface area (Å²) in [5.41, 5.74) is 1.57. The Labute approximate surface area is 173 Å². The van der Waals surface area contributed by atoms with Gasteiger partial charge in [-0.15, -0.1) is 0 Å². The predicted octanol–water partition coefficient (Wildman–Crippen LogP) is 3.42. The van der Waals surface area contributed by atoms with E-state index < -0.39 is 23.6 Å².